The van der Waals surface area contributed by atoms with Gasteiger partial charge >= 0.3 is 0 Å². The van der Waals surface area contributed by atoms with Crippen LogP contribution in [0.4, 0.5) is 0 Å². The third kappa shape index (κ3) is 3.17. The summed E-state index contributed by atoms with van der Waals surface area (Å²) in [6, 6.07) is 6.50. The molecule has 1 saturated carbocycles. The first-order valence-electron chi connectivity index (χ1n) is 8.08. The van der Waals surface area contributed by atoms with Gasteiger partial charge in [0.1, 0.15) is 5.75 Å². The van der Waals surface area contributed by atoms with Crippen molar-refractivity contribution in [2.45, 2.75) is 52.5 Å². The van der Waals surface area contributed by atoms with E-state index in [0.717, 1.165) is 37.8 Å². The van der Waals surface area contributed by atoms with Crippen LogP contribution in [-0.4, -0.2) is 13.2 Å². The van der Waals surface area contributed by atoms with Crippen LogP contribution in [0.25, 0.3) is 0 Å². The van der Waals surface area contributed by atoms with Crippen molar-refractivity contribution in [2.75, 3.05) is 13.2 Å². The lowest BCUT2D eigenvalue weighted by molar-refractivity contribution is 0.141. The molecule has 0 atom stereocenters. The highest BCUT2D eigenvalue weighted by molar-refractivity contribution is 5.41. The Hall–Kier alpha value is -1.02. The van der Waals surface area contributed by atoms with Crippen LogP contribution in [-0.2, 0) is 13.0 Å². The van der Waals surface area contributed by atoms with Gasteiger partial charge in [-0.05, 0) is 67.2 Å². The molecule has 0 amide bonds. The van der Waals surface area contributed by atoms with Crippen molar-refractivity contribution < 1.29 is 4.74 Å². The van der Waals surface area contributed by atoms with E-state index < -0.39 is 0 Å². The summed E-state index contributed by atoms with van der Waals surface area (Å²) in [5, 5.41) is 3.43. The van der Waals surface area contributed by atoms with E-state index >= 15 is 0 Å². The zero-order chi connectivity index (χ0) is 14.0. The van der Waals surface area contributed by atoms with E-state index in [0.29, 0.717) is 5.41 Å². The van der Waals surface area contributed by atoms with Gasteiger partial charge in [-0.1, -0.05) is 26.0 Å². The zero-order valence-electron chi connectivity index (χ0n) is 12.9. The lowest BCUT2D eigenvalue weighted by Gasteiger charge is -2.34. The second-order valence-electron chi connectivity index (χ2n) is 7.24. The van der Waals surface area contributed by atoms with E-state index in [1.54, 1.807) is 0 Å². The minimum absolute atomic E-state index is 0.550. The van der Waals surface area contributed by atoms with Crippen LogP contribution in [0.2, 0.25) is 0 Å². The van der Waals surface area contributed by atoms with Crippen molar-refractivity contribution in [3.8, 4) is 5.75 Å². The van der Waals surface area contributed by atoms with Crippen LogP contribution < -0.4 is 10.1 Å². The molecule has 2 nitrogen and oxygen atoms in total. The quantitative estimate of drug-likeness (QED) is 0.901. The Kier molecular flexibility index (Phi) is 4.02. The summed E-state index contributed by atoms with van der Waals surface area (Å²) < 4.78 is 6.18. The van der Waals surface area contributed by atoms with Crippen molar-refractivity contribution in [3.63, 3.8) is 0 Å². The zero-order valence-corrected chi connectivity index (χ0v) is 12.9. The van der Waals surface area contributed by atoms with E-state index in [4.69, 9.17) is 4.74 Å². The Morgan fingerprint density at radius 1 is 1.25 bits per heavy atom. The van der Waals surface area contributed by atoms with E-state index in [-0.39, 0.29) is 0 Å². The summed E-state index contributed by atoms with van der Waals surface area (Å²) in [6.45, 7) is 7.75. The summed E-state index contributed by atoms with van der Waals surface area (Å²) in [4.78, 5) is 0. The third-order valence-corrected chi connectivity index (χ3v) is 5.03. The normalized spacial score (nSPS) is 22.3. The van der Waals surface area contributed by atoms with Crippen LogP contribution in [0.5, 0.6) is 5.75 Å². The van der Waals surface area contributed by atoms with Crippen LogP contribution in [0, 0.1) is 11.3 Å². The van der Waals surface area contributed by atoms with Crippen molar-refractivity contribution in [3.05, 3.63) is 29.3 Å². The molecule has 1 aromatic carbocycles. The van der Waals surface area contributed by atoms with E-state index in [1.807, 2.05) is 0 Å². The second kappa shape index (κ2) is 5.77. The molecule has 1 aliphatic carbocycles. The molecule has 20 heavy (non-hydrogen) atoms. The van der Waals surface area contributed by atoms with E-state index in [2.05, 4.69) is 37.4 Å². The van der Waals surface area contributed by atoms with Gasteiger partial charge in [-0.3, -0.25) is 0 Å². The molecule has 1 aliphatic heterocycles. The van der Waals surface area contributed by atoms with Gasteiger partial charge in [-0.2, -0.15) is 0 Å². The molecule has 0 aromatic heterocycles. The molecule has 2 heteroatoms. The first kappa shape index (κ1) is 13.9. The molecule has 1 aromatic rings. The lowest BCUT2D eigenvalue weighted by Crippen LogP contribution is -2.26. The lowest BCUT2D eigenvalue weighted by atomic mass is 9.73. The summed E-state index contributed by atoms with van der Waals surface area (Å²) in [6.07, 6.45) is 6.44. The van der Waals surface area contributed by atoms with E-state index in [1.165, 1.54) is 36.8 Å². The minimum Gasteiger partial charge on any atom is -0.493 e. The largest absolute Gasteiger partial charge is 0.493 e. The fourth-order valence-electron chi connectivity index (χ4n) is 3.47. The molecule has 0 saturated heterocycles. The number of ether oxygens (including phenoxy) is 1. The Bertz CT molecular complexity index is 456. The number of rotatable bonds is 3. The van der Waals surface area contributed by atoms with E-state index in [9.17, 15) is 0 Å². The number of hydrogen-bond acceptors (Lipinski definition) is 2. The van der Waals surface area contributed by atoms with Gasteiger partial charge in [-0.25, -0.2) is 0 Å². The maximum absolute atomic E-state index is 6.18. The topological polar surface area (TPSA) is 21.3 Å². The Labute approximate surface area is 122 Å². The maximum Gasteiger partial charge on any atom is 0.122 e. The number of nitrogens with one attached hydrogen (secondary N) is 1. The molecule has 110 valence electrons. The SMILES string of the molecule is CC1(C)CCC(COc2cccc3c2CCNC3)CC1. The first-order chi connectivity index (χ1) is 9.64. The molecular weight excluding hydrogens is 246 g/mol. The van der Waals surface area contributed by atoms with Crippen LogP contribution in [0.1, 0.15) is 50.7 Å². The van der Waals surface area contributed by atoms with Crippen LogP contribution in [0.3, 0.4) is 0 Å². The maximum atomic E-state index is 6.18. The second-order valence-corrected chi connectivity index (χ2v) is 7.24. The van der Waals surface area contributed by atoms with Crippen molar-refractivity contribution >= 4 is 0 Å². The molecule has 1 heterocycles. The third-order valence-electron chi connectivity index (χ3n) is 5.03. The monoisotopic (exact) mass is 273 g/mol. The van der Waals surface area contributed by atoms with Crippen LogP contribution in [0.15, 0.2) is 18.2 Å². The van der Waals surface area contributed by atoms with Crippen molar-refractivity contribution in [2.24, 2.45) is 11.3 Å². The Morgan fingerprint density at radius 2 is 2.05 bits per heavy atom. The number of benzene rings is 1. The smallest absolute Gasteiger partial charge is 0.122 e. The minimum atomic E-state index is 0.550. The van der Waals surface area contributed by atoms with Gasteiger partial charge in [-0.15, -0.1) is 0 Å². The fraction of sp³-hybridized carbons (Fsp3) is 0.667. The fourth-order valence-corrected chi connectivity index (χ4v) is 3.47. The first-order valence-corrected chi connectivity index (χ1v) is 8.08. The van der Waals surface area contributed by atoms with Crippen LogP contribution >= 0.6 is 0 Å². The Morgan fingerprint density at radius 3 is 2.85 bits per heavy atom. The predicted molar refractivity (Wildman–Crippen MR) is 83.1 cm³/mol. The molecular formula is C18H27NO. The van der Waals surface area contributed by atoms with Gasteiger partial charge in [0.25, 0.3) is 0 Å². The van der Waals surface area contributed by atoms with Gasteiger partial charge in [0.2, 0.25) is 0 Å². The Balaban J connectivity index is 1.59. The average Bonchev–Trinajstić information content (AvgIpc) is 2.46. The highest BCUT2D eigenvalue weighted by Crippen LogP contribution is 2.38. The molecule has 0 radical (unpaired) electrons. The van der Waals surface area contributed by atoms with Gasteiger partial charge in [0, 0.05) is 6.54 Å². The van der Waals surface area contributed by atoms with Crippen molar-refractivity contribution in [1.82, 2.24) is 5.32 Å². The molecule has 0 unspecified atom stereocenters. The molecule has 0 spiro atoms. The van der Waals surface area contributed by atoms with Gasteiger partial charge in [0.15, 0.2) is 0 Å². The highest BCUT2D eigenvalue weighted by Gasteiger charge is 2.27. The number of hydrogen-bond donors (Lipinski definition) is 1. The summed E-state index contributed by atoms with van der Waals surface area (Å²) in [7, 11) is 0. The average molecular weight is 273 g/mol. The predicted octanol–water partition coefficient (Wildman–Crippen LogP) is 3.93. The van der Waals surface area contributed by atoms with Gasteiger partial charge in [0.05, 0.1) is 6.61 Å². The summed E-state index contributed by atoms with van der Waals surface area (Å²) in [5.41, 5.74) is 3.40. The van der Waals surface area contributed by atoms with Crippen molar-refractivity contribution in [1.29, 1.82) is 0 Å². The van der Waals surface area contributed by atoms with Gasteiger partial charge < -0.3 is 10.1 Å². The number of fused-ring (bicyclic) bond motifs is 1. The molecule has 1 N–H and O–H groups in total. The summed E-state index contributed by atoms with van der Waals surface area (Å²) in [5.74, 6) is 1.88. The summed E-state index contributed by atoms with van der Waals surface area (Å²) >= 11 is 0. The molecule has 2 aliphatic rings. The molecule has 1 fully saturated rings. The molecule has 0 bridgehead atoms. The standard InChI is InChI=1S/C18H27NO/c1-18(2)9-6-14(7-10-18)13-20-17-5-3-4-15-12-19-11-8-16(15)17/h3-5,14,19H,6-13H2,1-2H3. The molecule has 3 rings (SSSR count). The highest BCUT2D eigenvalue weighted by atomic mass is 16.5.